The van der Waals surface area contributed by atoms with Crippen LogP contribution in [0.3, 0.4) is 0 Å². The summed E-state index contributed by atoms with van der Waals surface area (Å²) in [5.41, 5.74) is 2.75. The highest BCUT2D eigenvalue weighted by atomic mass is 35.5. The molecule has 1 saturated heterocycles. The molecule has 0 radical (unpaired) electrons. The first kappa shape index (κ1) is 21.4. The molecule has 2 aromatic carbocycles. The Morgan fingerprint density at radius 1 is 1.06 bits per heavy atom. The number of benzene rings is 2. The van der Waals surface area contributed by atoms with E-state index in [0.29, 0.717) is 41.9 Å². The number of nitrogens with zero attached hydrogens (tertiary/aromatic N) is 4. The van der Waals surface area contributed by atoms with Crippen LogP contribution in [0.15, 0.2) is 48.5 Å². The maximum Gasteiger partial charge on any atom is 0.253 e. The summed E-state index contributed by atoms with van der Waals surface area (Å²) in [5, 5.41) is 13.0. The fraction of sp³-hybridized carbons (Fsp3) is 0.273. The number of anilines is 1. The van der Waals surface area contributed by atoms with Gasteiger partial charge >= 0.3 is 0 Å². The van der Waals surface area contributed by atoms with E-state index in [9.17, 15) is 9.59 Å². The van der Waals surface area contributed by atoms with Crippen LogP contribution in [0.1, 0.15) is 15.9 Å². The second-order valence-electron chi connectivity index (χ2n) is 7.41. The molecule has 160 valence electrons. The zero-order chi connectivity index (χ0) is 21.8. The van der Waals surface area contributed by atoms with E-state index in [-0.39, 0.29) is 18.4 Å². The van der Waals surface area contributed by atoms with Gasteiger partial charge < -0.3 is 4.90 Å². The fourth-order valence-electron chi connectivity index (χ4n) is 3.41. The molecule has 1 N–H and O–H groups in total. The largest absolute Gasteiger partial charge is 0.336 e. The normalized spacial score (nSPS) is 14.5. The Labute approximate surface area is 189 Å². The van der Waals surface area contributed by atoms with Crippen molar-refractivity contribution >= 4 is 39.9 Å². The minimum Gasteiger partial charge on any atom is -0.336 e. The quantitative estimate of drug-likeness (QED) is 0.636. The molecule has 2 heterocycles. The summed E-state index contributed by atoms with van der Waals surface area (Å²) in [5.74, 6) is -0.150. The predicted octanol–water partition coefficient (Wildman–Crippen LogP) is 3.56. The van der Waals surface area contributed by atoms with Crippen molar-refractivity contribution in [2.75, 3.05) is 38.0 Å². The molecule has 0 atom stereocenters. The van der Waals surface area contributed by atoms with E-state index in [1.165, 1.54) is 11.3 Å². The van der Waals surface area contributed by atoms with Crippen molar-refractivity contribution in [3.05, 3.63) is 64.7 Å². The number of carbonyl (C=O) groups excluding carboxylic acids is 2. The van der Waals surface area contributed by atoms with Crippen LogP contribution >= 0.6 is 22.9 Å². The van der Waals surface area contributed by atoms with Crippen LogP contribution in [-0.4, -0.2) is 64.5 Å². The number of nitrogens with one attached hydrogen (secondary N) is 1. The van der Waals surface area contributed by atoms with Crippen molar-refractivity contribution < 1.29 is 9.59 Å². The van der Waals surface area contributed by atoms with E-state index < -0.39 is 0 Å². The standard InChI is InChI=1S/C22H22ClN5O2S/c1-15-3-2-4-17(13-15)20-25-26-22(31-20)24-19(29)14-27-9-11-28(12-10-27)21(30)16-5-7-18(23)8-6-16/h2-8,13H,9-12,14H2,1H3,(H,24,26,29). The number of carbonyl (C=O) groups is 2. The summed E-state index contributed by atoms with van der Waals surface area (Å²) in [4.78, 5) is 28.9. The van der Waals surface area contributed by atoms with Crippen LogP contribution in [0.25, 0.3) is 10.6 Å². The highest BCUT2D eigenvalue weighted by molar-refractivity contribution is 7.18. The van der Waals surface area contributed by atoms with Crippen molar-refractivity contribution in [2.45, 2.75) is 6.92 Å². The third-order valence-electron chi connectivity index (χ3n) is 5.05. The first-order valence-corrected chi connectivity index (χ1v) is 11.1. The second kappa shape index (κ2) is 9.55. The molecular formula is C22H22ClN5O2S. The van der Waals surface area contributed by atoms with Crippen LogP contribution in [-0.2, 0) is 4.79 Å². The van der Waals surface area contributed by atoms with Crippen molar-refractivity contribution in [3.63, 3.8) is 0 Å². The minimum absolute atomic E-state index is 0.0155. The summed E-state index contributed by atoms with van der Waals surface area (Å²) < 4.78 is 0. The third-order valence-corrected chi connectivity index (χ3v) is 6.19. The van der Waals surface area contributed by atoms with Crippen molar-refractivity contribution in [1.29, 1.82) is 0 Å². The van der Waals surface area contributed by atoms with Gasteiger partial charge in [0.15, 0.2) is 0 Å². The number of hydrogen-bond donors (Lipinski definition) is 1. The van der Waals surface area contributed by atoms with E-state index in [1.54, 1.807) is 29.2 Å². The van der Waals surface area contributed by atoms with Crippen LogP contribution in [0.5, 0.6) is 0 Å². The van der Waals surface area contributed by atoms with Gasteiger partial charge in [-0.15, -0.1) is 10.2 Å². The molecule has 31 heavy (non-hydrogen) atoms. The first-order chi connectivity index (χ1) is 15.0. The van der Waals surface area contributed by atoms with E-state index in [0.717, 1.165) is 16.1 Å². The molecular weight excluding hydrogens is 434 g/mol. The SMILES string of the molecule is Cc1cccc(-c2nnc(NC(=O)CN3CCN(C(=O)c4ccc(Cl)cc4)CC3)s2)c1. The summed E-state index contributed by atoms with van der Waals surface area (Å²) in [6, 6.07) is 14.9. The van der Waals surface area contributed by atoms with Gasteiger partial charge in [-0.3, -0.25) is 19.8 Å². The fourth-order valence-corrected chi connectivity index (χ4v) is 4.30. The molecule has 2 amide bonds. The zero-order valence-electron chi connectivity index (χ0n) is 17.0. The predicted molar refractivity (Wildman–Crippen MR) is 123 cm³/mol. The Kier molecular flexibility index (Phi) is 6.60. The second-order valence-corrected chi connectivity index (χ2v) is 8.82. The minimum atomic E-state index is -0.135. The van der Waals surface area contributed by atoms with Gasteiger partial charge in [-0.2, -0.15) is 0 Å². The van der Waals surface area contributed by atoms with Gasteiger partial charge in [0.2, 0.25) is 11.0 Å². The summed E-state index contributed by atoms with van der Waals surface area (Å²) >= 11 is 7.24. The molecule has 3 aromatic rings. The Morgan fingerprint density at radius 2 is 1.81 bits per heavy atom. The average molecular weight is 456 g/mol. The van der Waals surface area contributed by atoms with E-state index >= 15 is 0 Å². The summed E-state index contributed by atoms with van der Waals surface area (Å²) in [6.45, 7) is 4.70. The molecule has 0 aliphatic carbocycles. The van der Waals surface area contributed by atoms with Gasteiger partial charge in [0.25, 0.3) is 5.91 Å². The van der Waals surface area contributed by atoms with Gasteiger partial charge in [0.1, 0.15) is 5.01 Å². The van der Waals surface area contributed by atoms with Gasteiger partial charge in [0, 0.05) is 42.3 Å². The number of halogens is 1. The van der Waals surface area contributed by atoms with Gasteiger partial charge in [0.05, 0.1) is 6.54 Å². The number of amides is 2. The lowest BCUT2D eigenvalue weighted by Crippen LogP contribution is -2.50. The Morgan fingerprint density at radius 3 is 2.52 bits per heavy atom. The molecule has 0 bridgehead atoms. The Bertz CT molecular complexity index is 1080. The lowest BCUT2D eigenvalue weighted by Gasteiger charge is -2.34. The topological polar surface area (TPSA) is 78.4 Å². The maximum absolute atomic E-state index is 12.6. The van der Waals surface area contributed by atoms with E-state index in [1.807, 2.05) is 36.1 Å². The highest BCUT2D eigenvalue weighted by Crippen LogP contribution is 2.26. The molecule has 0 unspecified atom stereocenters. The molecule has 0 spiro atoms. The van der Waals surface area contributed by atoms with Gasteiger partial charge in [-0.05, 0) is 37.3 Å². The van der Waals surface area contributed by atoms with Crippen LogP contribution < -0.4 is 5.32 Å². The Balaban J connectivity index is 1.27. The number of piperazine rings is 1. The van der Waals surface area contributed by atoms with Crippen LogP contribution in [0.2, 0.25) is 5.02 Å². The number of aryl methyl sites for hydroxylation is 1. The molecule has 1 fully saturated rings. The van der Waals surface area contributed by atoms with Crippen LogP contribution in [0.4, 0.5) is 5.13 Å². The van der Waals surface area contributed by atoms with Crippen LogP contribution in [0, 0.1) is 6.92 Å². The zero-order valence-corrected chi connectivity index (χ0v) is 18.6. The molecule has 9 heteroatoms. The smallest absolute Gasteiger partial charge is 0.253 e. The number of aromatic nitrogens is 2. The molecule has 7 nitrogen and oxygen atoms in total. The van der Waals surface area contributed by atoms with E-state index in [2.05, 4.69) is 15.5 Å². The van der Waals surface area contributed by atoms with E-state index in [4.69, 9.17) is 11.6 Å². The molecule has 1 aromatic heterocycles. The average Bonchev–Trinajstić information content (AvgIpc) is 3.23. The maximum atomic E-state index is 12.6. The first-order valence-electron chi connectivity index (χ1n) is 9.95. The third kappa shape index (κ3) is 5.46. The lowest BCUT2D eigenvalue weighted by atomic mass is 10.1. The summed E-state index contributed by atoms with van der Waals surface area (Å²) in [7, 11) is 0. The molecule has 1 aliphatic rings. The van der Waals surface area contributed by atoms with Gasteiger partial charge in [-0.1, -0.05) is 46.7 Å². The summed E-state index contributed by atoms with van der Waals surface area (Å²) in [6.07, 6.45) is 0. The molecule has 0 saturated carbocycles. The molecule has 4 rings (SSSR count). The van der Waals surface area contributed by atoms with Gasteiger partial charge in [-0.25, -0.2) is 0 Å². The molecule has 1 aliphatic heterocycles. The van der Waals surface area contributed by atoms with Crippen molar-refractivity contribution in [1.82, 2.24) is 20.0 Å². The lowest BCUT2D eigenvalue weighted by molar-refractivity contribution is -0.117. The number of rotatable bonds is 5. The van der Waals surface area contributed by atoms with Crippen molar-refractivity contribution in [3.8, 4) is 10.6 Å². The van der Waals surface area contributed by atoms with Crippen molar-refractivity contribution in [2.24, 2.45) is 0 Å². The monoisotopic (exact) mass is 455 g/mol. The highest BCUT2D eigenvalue weighted by Gasteiger charge is 2.23. The Hall–Kier alpha value is -2.81. The number of hydrogen-bond acceptors (Lipinski definition) is 6.